The van der Waals surface area contributed by atoms with Crippen LogP contribution in [0.25, 0.3) is 10.3 Å². The van der Waals surface area contributed by atoms with Gasteiger partial charge in [0, 0.05) is 24.2 Å². The minimum absolute atomic E-state index is 0.116. The summed E-state index contributed by atoms with van der Waals surface area (Å²) in [5.74, 6) is 1.01. The molecule has 1 aromatic carbocycles. The number of hydrogen-bond acceptors (Lipinski definition) is 7. The third-order valence-corrected chi connectivity index (χ3v) is 6.09. The van der Waals surface area contributed by atoms with E-state index in [1.165, 1.54) is 16.9 Å². The maximum Gasteiger partial charge on any atom is 0.280 e. The van der Waals surface area contributed by atoms with Crippen molar-refractivity contribution < 1.29 is 4.79 Å². The van der Waals surface area contributed by atoms with Crippen molar-refractivity contribution in [2.24, 2.45) is 5.73 Å². The Kier molecular flexibility index (Phi) is 4.02. The fourth-order valence-corrected chi connectivity index (χ4v) is 4.46. The third-order valence-electron chi connectivity index (χ3n) is 5.12. The number of amides is 1. The third kappa shape index (κ3) is 2.94. The molecule has 1 fully saturated rings. The molecule has 1 amide bonds. The summed E-state index contributed by atoms with van der Waals surface area (Å²) in [6, 6.07) is 8.66. The topological polar surface area (TPSA) is 97.0 Å². The van der Waals surface area contributed by atoms with E-state index >= 15 is 0 Å². The van der Waals surface area contributed by atoms with E-state index in [2.05, 4.69) is 43.4 Å². The first-order valence-electron chi connectivity index (χ1n) is 9.23. The molecule has 5 rings (SSSR count). The van der Waals surface area contributed by atoms with Crippen LogP contribution in [0.5, 0.6) is 0 Å². The lowest BCUT2D eigenvalue weighted by Crippen LogP contribution is -2.25. The molecule has 0 spiro atoms. The zero-order valence-corrected chi connectivity index (χ0v) is 15.6. The fourth-order valence-electron chi connectivity index (χ4n) is 3.66. The molecule has 138 valence electrons. The van der Waals surface area contributed by atoms with Crippen molar-refractivity contribution in [2.45, 2.75) is 31.2 Å². The summed E-state index contributed by atoms with van der Waals surface area (Å²) in [4.78, 5) is 28.8. The van der Waals surface area contributed by atoms with E-state index in [4.69, 9.17) is 5.73 Å². The van der Waals surface area contributed by atoms with Crippen LogP contribution in [-0.2, 0) is 0 Å². The largest absolute Gasteiger partial charge is 0.347 e. The van der Waals surface area contributed by atoms with Crippen LogP contribution in [0.3, 0.4) is 0 Å². The van der Waals surface area contributed by atoms with Crippen LogP contribution in [0.15, 0.2) is 30.6 Å². The van der Waals surface area contributed by atoms with E-state index in [0.717, 1.165) is 42.1 Å². The van der Waals surface area contributed by atoms with Crippen LogP contribution in [0.1, 0.15) is 40.5 Å². The molecule has 2 aromatic heterocycles. The molecule has 3 N–H and O–H groups in total. The second kappa shape index (κ2) is 6.54. The summed E-state index contributed by atoms with van der Waals surface area (Å²) in [7, 11) is 0. The van der Waals surface area contributed by atoms with Gasteiger partial charge in [0.15, 0.2) is 10.8 Å². The number of para-hydroxylation sites is 1. The number of nitrogens with zero attached hydrogens (tertiary/aromatic N) is 4. The molecule has 0 bridgehead atoms. The molecule has 1 aliphatic carbocycles. The Morgan fingerprint density at radius 1 is 1.30 bits per heavy atom. The van der Waals surface area contributed by atoms with E-state index in [1.807, 2.05) is 6.07 Å². The van der Waals surface area contributed by atoms with Gasteiger partial charge in [0.2, 0.25) is 0 Å². The molecule has 3 heterocycles. The number of nitrogens with two attached hydrogens (primary N) is 1. The molecular weight excluding hydrogens is 360 g/mol. The smallest absolute Gasteiger partial charge is 0.280 e. The van der Waals surface area contributed by atoms with E-state index in [-0.39, 0.29) is 5.91 Å². The van der Waals surface area contributed by atoms with Gasteiger partial charge in [0.05, 0.1) is 0 Å². The van der Waals surface area contributed by atoms with Crippen molar-refractivity contribution in [3.8, 4) is 0 Å². The number of fused-ring (bicyclic) bond motifs is 2. The van der Waals surface area contributed by atoms with Gasteiger partial charge in [-0.25, -0.2) is 15.0 Å². The Morgan fingerprint density at radius 3 is 2.96 bits per heavy atom. The number of benzene rings is 1. The number of thiazole rings is 1. The number of carbonyl (C=O) groups excluding carboxylic acids is 1. The maximum atomic E-state index is 12.4. The van der Waals surface area contributed by atoms with E-state index in [0.29, 0.717) is 29.0 Å². The number of rotatable bonds is 5. The highest BCUT2D eigenvalue weighted by atomic mass is 32.1. The molecule has 1 aliphatic heterocycles. The highest BCUT2D eigenvalue weighted by molar-refractivity contribution is 7.20. The lowest BCUT2D eigenvalue weighted by molar-refractivity contribution is 0.0951. The Bertz CT molecular complexity index is 1010. The lowest BCUT2D eigenvalue weighted by atomic mass is 9.98. The minimum Gasteiger partial charge on any atom is -0.347 e. The quantitative estimate of drug-likeness (QED) is 0.706. The molecule has 0 saturated heterocycles. The minimum atomic E-state index is -0.116. The molecular formula is C19H20N6OS. The maximum absolute atomic E-state index is 12.4. The molecule has 7 nitrogen and oxygen atoms in total. The van der Waals surface area contributed by atoms with Gasteiger partial charge < -0.3 is 16.0 Å². The molecule has 1 unspecified atom stereocenters. The van der Waals surface area contributed by atoms with Crippen LogP contribution in [-0.4, -0.2) is 40.0 Å². The van der Waals surface area contributed by atoms with Gasteiger partial charge >= 0.3 is 0 Å². The molecule has 1 atom stereocenters. The van der Waals surface area contributed by atoms with Crippen LogP contribution in [0.2, 0.25) is 0 Å². The zero-order valence-electron chi connectivity index (χ0n) is 14.8. The monoisotopic (exact) mass is 380 g/mol. The summed E-state index contributed by atoms with van der Waals surface area (Å²) in [6.45, 7) is 1.46. The van der Waals surface area contributed by atoms with Crippen molar-refractivity contribution in [1.82, 2.24) is 20.3 Å². The zero-order chi connectivity index (χ0) is 18.4. The standard InChI is InChI=1S/C19H20N6OS/c20-8-7-11-9-25(14-4-2-1-3-13(11)14)16-15-18(22-10-21-16)27-19(24-15)17(26)23-12-5-6-12/h1-4,10-12H,5-9,20H2,(H,23,26). The molecule has 27 heavy (non-hydrogen) atoms. The van der Waals surface area contributed by atoms with Gasteiger partial charge in [0.1, 0.15) is 16.7 Å². The first-order chi connectivity index (χ1) is 13.2. The van der Waals surface area contributed by atoms with Gasteiger partial charge in [0.25, 0.3) is 5.91 Å². The Labute approximate surface area is 160 Å². The van der Waals surface area contributed by atoms with Gasteiger partial charge in [-0.05, 0) is 37.4 Å². The summed E-state index contributed by atoms with van der Waals surface area (Å²) < 4.78 is 0. The molecule has 3 aromatic rings. The van der Waals surface area contributed by atoms with Crippen LogP contribution < -0.4 is 16.0 Å². The number of nitrogens with one attached hydrogen (secondary N) is 1. The predicted molar refractivity (Wildman–Crippen MR) is 106 cm³/mol. The first-order valence-corrected chi connectivity index (χ1v) is 10.0. The number of anilines is 2. The summed E-state index contributed by atoms with van der Waals surface area (Å²) in [6.07, 6.45) is 4.58. The highest BCUT2D eigenvalue weighted by Gasteiger charge is 2.32. The van der Waals surface area contributed by atoms with E-state index in [9.17, 15) is 4.79 Å². The lowest BCUT2D eigenvalue weighted by Gasteiger charge is -2.18. The molecule has 0 radical (unpaired) electrons. The first kappa shape index (κ1) is 16.6. The average molecular weight is 380 g/mol. The fraction of sp³-hybridized carbons (Fsp3) is 0.368. The predicted octanol–water partition coefficient (Wildman–Crippen LogP) is 2.56. The Morgan fingerprint density at radius 2 is 2.15 bits per heavy atom. The Balaban J connectivity index is 1.55. The normalized spacial score (nSPS) is 18.7. The van der Waals surface area contributed by atoms with Crippen LogP contribution >= 0.6 is 11.3 Å². The van der Waals surface area contributed by atoms with Crippen molar-refractivity contribution in [2.75, 3.05) is 18.0 Å². The van der Waals surface area contributed by atoms with Crippen LogP contribution in [0, 0.1) is 0 Å². The van der Waals surface area contributed by atoms with Gasteiger partial charge in [-0.15, -0.1) is 0 Å². The second-order valence-electron chi connectivity index (χ2n) is 7.06. The summed E-state index contributed by atoms with van der Waals surface area (Å²) in [5.41, 5.74) is 8.93. The summed E-state index contributed by atoms with van der Waals surface area (Å²) >= 11 is 1.32. The van der Waals surface area contributed by atoms with Crippen LogP contribution in [0.4, 0.5) is 11.5 Å². The van der Waals surface area contributed by atoms with Gasteiger partial charge in [-0.3, -0.25) is 4.79 Å². The van der Waals surface area contributed by atoms with E-state index < -0.39 is 0 Å². The second-order valence-corrected chi connectivity index (χ2v) is 8.04. The highest BCUT2D eigenvalue weighted by Crippen LogP contribution is 2.43. The number of hydrogen-bond donors (Lipinski definition) is 2. The van der Waals surface area contributed by atoms with Gasteiger partial charge in [-0.2, -0.15) is 0 Å². The van der Waals surface area contributed by atoms with Crippen molar-refractivity contribution in [3.63, 3.8) is 0 Å². The SMILES string of the molecule is NCCC1CN(c2ncnc3sc(C(=O)NC4CC4)nc23)c2ccccc21. The number of carbonyl (C=O) groups is 1. The van der Waals surface area contributed by atoms with Crippen molar-refractivity contribution >= 4 is 39.1 Å². The molecule has 8 heteroatoms. The molecule has 2 aliphatic rings. The summed E-state index contributed by atoms with van der Waals surface area (Å²) in [5, 5.41) is 3.44. The van der Waals surface area contributed by atoms with E-state index in [1.54, 1.807) is 6.33 Å². The van der Waals surface area contributed by atoms with Crippen molar-refractivity contribution in [3.05, 3.63) is 41.2 Å². The Hall–Kier alpha value is -2.58. The average Bonchev–Trinajstić information content (AvgIpc) is 3.27. The number of aromatic nitrogens is 3. The van der Waals surface area contributed by atoms with Gasteiger partial charge in [-0.1, -0.05) is 29.5 Å². The van der Waals surface area contributed by atoms with Crippen molar-refractivity contribution in [1.29, 1.82) is 0 Å². The molecule has 1 saturated carbocycles.